The van der Waals surface area contributed by atoms with Crippen molar-refractivity contribution >= 4 is 27.3 Å². The molecule has 2 nitrogen and oxygen atoms in total. The van der Waals surface area contributed by atoms with Crippen LogP contribution in [0.15, 0.2) is 15.2 Å². The lowest BCUT2D eigenvalue weighted by Crippen LogP contribution is -2.27. The van der Waals surface area contributed by atoms with Crippen LogP contribution >= 0.6 is 27.3 Å². The van der Waals surface area contributed by atoms with Crippen LogP contribution in [-0.2, 0) is 5.60 Å². The Balaban J connectivity index is 2.61. The van der Waals surface area contributed by atoms with Crippen molar-refractivity contribution in [3.05, 3.63) is 20.8 Å². The zero-order valence-electron chi connectivity index (χ0n) is 8.51. The molecule has 4 heteroatoms. The summed E-state index contributed by atoms with van der Waals surface area (Å²) in [6.07, 6.45) is 0.732. The number of halogens is 1. The first-order valence-electron chi connectivity index (χ1n) is 4.73. The molecule has 80 valence electrons. The van der Waals surface area contributed by atoms with E-state index in [1.165, 1.54) is 0 Å². The van der Waals surface area contributed by atoms with Gasteiger partial charge in [0, 0.05) is 15.4 Å². The summed E-state index contributed by atoms with van der Waals surface area (Å²) >= 11 is 5.05. The lowest BCUT2D eigenvalue weighted by atomic mass is 9.95. The summed E-state index contributed by atoms with van der Waals surface area (Å²) in [5.41, 5.74) is 0.251. The van der Waals surface area contributed by atoms with E-state index in [0.29, 0.717) is 0 Å². The fourth-order valence-electron chi connectivity index (χ4n) is 1.31. The normalized spacial score (nSPS) is 15.4. The second-order valence-electron chi connectivity index (χ2n) is 3.51. The van der Waals surface area contributed by atoms with E-state index < -0.39 is 5.60 Å². The Morgan fingerprint density at radius 1 is 1.57 bits per heavy atom. The Hall–Kier alpha value is 0.100. The average molecular weight is 278 g/mol. The Morgan fingerprint density at radius 3 is 2.79 bits per heavy atom. The molecule has 0 spiro atoms. The lowest BCUT2D eigenvalue weighted by molar-refractivity contribution is 0.0479. The van der Waals surface area contributed by atoms with E-state index in [-0.39, 0.29) is 0 Å². The zero-order valence-corrected chi connectivity index (χ0v) is 10.9. The minimum absolute atomic E-state index is 0.732. The van der Waals surface area contributed by atoms with Gasteiger partial charge >= 0.3 is 0 Å². The van der Waals surface area contributed by atoms with Crippen LogP contribution in [0.3, 0.4) is 0 Å². The van der Waals surface area contributed by atoms with Crippen LogP contribution in [0.5, 0.6) is 0 Å². The molecule has 1 atom stereocenters. The summed E-state index contributed by atoms with van der Waals surface area (Å²) in [6.45, 7) is 5.71. The van der Waals surface area contributed by atoms with Crippen molar-refractivity contribution in [1.29, 1.82) is 0 Å². The van der Waals surface area contributed by atoms with E-state index >= 15 is 0 Å². The fraction of sp³-hybridized carbons (Fsp3) is 0.600. The van der Waals surface area contributed by atoms with Gasteiger partial charge in [-0.1, -0.05) is 6.92 Å². The molecule has 0 aliphatic heterocycles. The largest absolute Gasteiger partial charge is 0.385 e. The highest BCUT2D eigenvalue weighted by Gasteiger charge is 2.25. The zero-order chi connectivity index (χ0) is 10.6. The fourth-order valence-corrected chi connectivity index (χ4v) is 3.16. The van der Waals surface area contributed by atoms with E-state index in [1.807, 2.05) is 17.7 Å². The van der Waals surface area contributed by atoms with Gasteiger partial charge in [0.05, 0.1) is 5.60 Å². The number of thiophene rings is 1. The lowest BCUT2D eigenvalue weighted by Gasteiger charge is -2.23. The first-order valence-corrected chi connectivity index (χ1v) is 6.46. The van der Waals surface area contributed by atoms with Gasteiger partial charge in [0.15, 0.2) is 0 Å². The molecule has 14 heavy (non-hydrogen) atoms. The summed E-state index contributed by atoms with van der Waals surface area (Å²) in [4.78, 5) is 0. The molecule has 0 aromatic carbocycles. The van der Waals surface area contributed by atoms with Gasteiger partial charge in [-0.15, -0.1) is 0 Å². The minimum atomic E-state index is -0.735. The third-order valence-corrected chi connectivity index (χ3v) is 3.94. The number of nitrogens with one attached hydrogen (secondary N) is 1. The molecular formula is C10H16BrNOS. The van der Waals surface area contributed by atoms with Gasteiger partial charge in [0.2, 0.25) is 0 Å². The first kappa shape index (κ1) is 12.2. The molecule has 0 amide bonds. The van der Waals surface area contributed by atoms with Gasteiger partial charge in [0.1, 0.15) is 0 Å². The highest BCUT2D eigenvalue weighted by molar-refractivity contribution is 9.10. The molecule has 0 bridgehead atoms. The van der Waals surface area contributed by atoms with Crippen LogP contribution in [0, 0.1) is 0 Å². The van der Waals surface area contributed by atoms with Crippen molar-refractivity contribution in [1.82, 2.24) is 5.32 Å². The summed E-state index contributed by atoms with van der Waals surface area (Å²) in [6, 6.07) is 0. The van der Waals surface area contributed by atoms with Gasteiger partial charge in [0.25, 0.3) is 0 Å². The van der Waals surface area contributed by atoms with Crippen molar-refractivity contribution in [3.63, 3.8) is 0 Å². The predicted molar refractivity (Wildman–Crippen MR) is 64.8 cm³/mol. The third-order valence-electron chi connectivity index (χ3n) is 2.23. The molecule has 2 N–H and O–H groups in total. The number of hydrogen-bond donors (Lipinski definition) is 2. The quantitative estimate of drug-likeness (QED) is 0.812. The molecule has 0 saturated carbocycles. The smallest absolute Gasteiger partial charge is 0.0899 e. The Labute approximate surface area is 97.5 Å². The maximum atomic E-state index is 10.2. The molecular weight excluding hydrogens is 262 g/mol. The monoisotopic (exact) mass is 277 g/mol. The predicted octanol–water partition coefficient (Wildman–Crippen LogP) is 2.72. The van der Waals surface area contributed by atoms with E-state index in [0.717, 1.165) is 29.5 Å². The molecule has 1 aromatic rings. The van der Waals surface area contributed by atoms with E-state index in [2.05, 4.69) is 28.2 Å². The standard InChI is InChI=1S/C10H16BrNOS/c1-3-12-5-4-10(2,13)8-6-14-7-9(8)11/h6-7,12-13H,3-5H2,1-2H3. The first-order chi connectivity index (χ1) is 6.58. The van der Waals surface area contributed by atoms with Crippen LogP contribution in [0.25, 0.3) is 0 Å². The van der Waals surface area contributed by atoms with Crippen molar-refractivity contribution in [2.24, 2.45) is 0 Å². The van der Waals surface area contributed by atoms with Gasteiger partial charge in [-0.25, -0.2) is 0 Å². The van der Waals surface area contributed by atoms with Crippen LogP contribution in [0.1, 0.15) is 25.8 Å². The van der Waals surface area contributed by atoms with Gasteiger partial charge < -0.3 is 10.4 Å². The number of hydrogen-bond acceptors (Lipinski definition) is 3. The SMILES string of the molecule is CCNCCC(C)(O)c1cscc1Br. The highest BCUT2D eigenvalue weighted by Crippen LogP contribution is 2.33. The van der Waals surface area contributed by atoms with E-state index in [4.69, 9.17) is 0 Å². The molecule has 0 saturated heterocycles. The molecule has 0 aliphatic carbocycles. The molecule has 1 unspecified atom stereocenters. The summed E-state index contributed by atoms with van der Waals surface area (Å²) in [7, 11) is 0. The Bertz CT molecular complexity index is 285. The Kier molecular flexibility index (Phi) is 4.57. The average Bonchev–Trinajstić information content (AvgIpc) is 2.52. The molecule has 1 aromatic heterocycles. The van der Waals surface area contributed by atoms with Gasteiger partial charge in [-0.3, -0.25) is 0 Å². The molecule has 0 aliphatic rings. The van der Waals surface area contributed by atoms with Crippen LogP contribution in [0.2, 0.25) is 0 Å². The van der Waals surface area contributed by atoms with E-state index in [9.17, 15) is 5.11 Å². The molecule has 0 fully saturated rings. The van der Waals surface area contributed by atoms with Crippen molar-refractivity contribution < 1.29 is 5.11 Å². The second kappa shape index (κ2) is 5.26. The number of aliphatic hydroxyl groups is 1. The van der Waals surface area contributed by atoms with Crippen molar-refractivity contribution in [2.75, 3.05) is 13.1 Å². The van der Waals surface area contributed by atoms with Crippen LogP contribution in [0.4, 0.5) is 0 Å². The maximum absolute atomic E-state index is 10.2. The highest BCUT2D eigenvalue weighted by atomic mass is 79.9. The molecule has 1 heterocycles. The molecule has 0 radical (unpaired) electrons. The van der Waals surface area contributed by atoms with Gasteiger partial charge in [-0.2, -0.15) is 11.3 Å². The van der Waals surface area contributed by atoms with Gasteiger partial charge in [-0.05, 0) is 47.7 Å². The third kappa shape index (κ3) is 3.05. The summed E-state index contributed by atoms with van der Waals surface area (Å²) in [5.74, 6) is 0. The second-order valence-corrected chi connectivity index (χ2v) is 5.11. The maximum Gasteiger partial charge on any atom is 0.0899 e. The minimum Gasteiger partial charge on any atom is -0.385 e. The van der Waals surface area contributed by atoms with Crippen LogP contribution < -0.4 is 5.32 Å². The summed E-state index contributed by atoms with van der Waals surface area (Å²) in [5, 5.41) is 17.4. The Morgan fingerprint density at radius 2 is 2.29 bits per heavy atom. The number of rotatable bonds is 5. The van der Waals surface area contributed by atoms with Crippen molar-refractivity contribution in [2.45, 2.75) is 25.9 Å². The topological polar surface area (TPSA) is 32.3 Å². The van der Waals surface area contributed by atoms with Crippen LogP contribution in [-0.4, -0.2) is 18.2 Å². The van der Waals surface area contributed by atoms with E-state index in [1.54, 1.807) is 11.3 Å². The van der Waals surface area contributed by atoms with Crippen molar-refractivity contribution in [3.8, 4) is 0 Å². The molecule has 1 rings (SSSR count). The summed E-state index contributed by atoms with van der Waals surface area (Å²) < 4.78 is 1.00.